The fourth-order valence-corrected chi connectivity index (χ4v) is 9.74. The number of anilines is 4. The molecule has 1 saturated carbocycles. The van der Waals surface area contributed by atoms with Crippen LogP contribution in [-0.4, -0.2) is 125 Å². The molecule has 1 aliphatic carbocycles. The lowest BCUT2D eigenvalue weighted by molar-refractivity contribution is -0.137. The number of likely N-dealkylation sites (N-methyl/N-ethyl adjacent to an activating group) is 1. The van der Waals surface area contributed by atoms with E-state index in [0.717, 1.165) is 37.1 Å². The SMILES string of the molecule is CNC(=O)COc1cc2cc(Nc3nc(N4CCC(O[C@H]5C[C@H](N6CCN(c7c(F)cc8c(c7F)CN(C7CCC(=O)NC7=O)C8=O)CC6)C5)CC4)ncc3Cl)ccc2n(C(C)C)c1=O. The number of piperidine rings is 2. The van der Waals surface area contributed by atoms with Crippen molar-refractivity contribution in [1.29, 1.82) is 0 Å². The Labute approximate surface area is 378 Å². The number of carbonyl (C=O) groups excluding carboxylic acids is 4. The van der Waals surface area contributed by atoms with Gasteiger partial charge in [0.2, 0.25) is 17.8 Å². The molecule has 4 fully saturated rings. The minimum absolute atomic E-state index is 0.0732. The van der Waals surface area contributed by atoms with Gasteiger partial charge in [-0.3, -0.25) is 34.2 Å². The lowest BCUT2D eigenvalue weighted by atomic mass is 9.87. The van der Waals surface area contributed by atoms with E-state index >= 15 is 8.78 Å². The van der Waals surface area contributed by atoms with E-state index in [2.05, 4.69) is 30.7 Å². The predicted octanol–water partition coefficient (Wildman–Crippen LogP) is 4.27. The quantitative estimate of drug-likeness (QED) is 0.172. The summed E-state index contributed by atoms with van der Waals surface area (Å²) in [6.07, 6.45) is 5.37. The van der Waals surface area contributed by atoms with Crippen molar-refractivity contribution in [2.24, 2.45) is 0 Å². The number of rotatable bonds is 12. The van der Waals surface area contributed by atoms with Gasteiger partial charge in [0.15, 0.2) is 24.0 Å². The number of nitrogens with zero attached hydrogens (tertiary/aromatic N) is 7. The highest BCUT2D eigenvalue weighted by Gasteiger charge is 2.43. The zero-order chi connectivity index (χ0) is 45.7. The van der Waals surface area contributed by atoms with Gasteiger partial charge in [0.25, 0.3) is 17.4 Å². The Bertz CT molecular complexity index is 2610. The number of ether oxygens (including phenoxy) is 2. The lowest BCUT2D eigenvalue weighted by Gasteiger charge is -2.47. The molecule has 3 N–H and O–H groups in total. The molecule has 20 heteroatoms. The van der Waals surface area contributed by atoms with Crippen molar-refractivity contribution >= 4 is 69.3 Å². The van der Waals surface area contributed by atoms with Crippen LogP contribution in [0.3, 0.4) is 0 Å². The number of piperazine rings is 1. The number of halogens is 3. The van der Waals surface area contributed by atoms with Crippen molar-refractivity contribution in [2.45, 2.75) is 89.3 Å². The fourth-order valence-electron chi connectivity index (χ4n) is 9.60. The average molecular weight is 917 g/mol. The largest absolute Gasteiger partial charge is 0.478 e. The third-order valence-electron chi connectivity index (χ3n) is 13.2. The summed E-state index contributed by atoms with van der Waals surface area (Å²) in [6, 6.07) is 7.53. The fraction of sp³-hybridized carbons (Fsp3) is 0.489. The maximum Gasteiger partial charge on any atom is 0.293 e. The van der Waals surface area contributed by atoms with E-state index in [0.29, 0.717) is 73.3 Å². The summed E-state index contributed by atoms with van der Waals surface area (Å²) < 4.78 is 45.3. The van der Waals surface area contributed by atoms with Crippen LogP contribution in [-0.2, 0) is 25.7 Å². The Morgan fingerprint density at radius 1 is 0.969 bits per heavy atom. The van der Waals surface area contributed by atoms with Crippen LogP contribution in [0, 0.1) is 11.6 Å². The number of hydrogen-bond donors (Lipinski definition) is 3. The highest BCUT2D eigenvalue weighted by Crippen LogP contribution is 2.38. The number of pyridine rings is 1. The molecule has 9 rings (SSSR count). The second-order valence-electron chi connectivity index (χ2n) is 17.5. The molecule has 1 atom stereocenters. The molecule has 5 aliphatic rings. The van der Waals surface area contributed by atoms with Crippen LogP contribution in [0.4, 0.5) is 31.9 Å². The molecule has 4 aromatic rings. The molecule has 2 aromatic carbocycles. The Morgan fingerprint density at radius 2 is 1.72 bits per heavy atom. The Hall–Kier alpha value is -5.92. The average Bonchev–Trinajstić information content (AvgIpc) is 3.60. The third-order valence-corrected chi connectivity index (χ3v) is 13.5. The smallest absolute Gasteiger partial charge is 0.293 e. The first kappa shape index (κ1) is 44.3. The number of aromatic nitrogens is 3. The van der Waals surface area contributed by atoms with Gasteiger partial charge in [0.05, 0.1) is 36.0 Å². The first-order valence-corrected chi connectivity index (χ1v) is 22.5. The molecule has 2 aromatic heterocycles. The molecule has 3 saturated heterocycles. The molecule has 4 aliphatic heterocycles. The highest BCUT2D eigenvalue weighted by molar-refractivity contribution is 6.33. The van der Waals surface area contributed by atoms with Crippen LogP contribution in [0.15, 0.2) is 41.3 Å². The number of hydrogen-bond acceptors (Lipinski definition) is 13. The molecular formula is C45H51ClF2N10O7. The van der Waals surface area contributed by atoms with Gasteiger partial charge >= 0.3 is 0 Å². The summed E-state index contributed by atoms with van der Waals surface area (Å²) in [5, 5.41) is 9.10. The van der Waals surface area contributed by atoms with Crippen molar-refractivity contribution in [1.82, 2.24) is 35.0 Å². The van der Waals surface area contributed by atoms with E-state index in [4.69, 9.17) is 26.1 Å². The van der Waals surface area contributed by atoms with Gasteiger partial charge in [-0.1, -0.05) is 11.6 Å². The van der Waals surface area contributed by atoms with Crippen LogP contribution < -0.4 is 36.0 Å². The number of nitrogens with one attached hydrogen (secondary N) is 3. The maximum absolute atomic E-state index is 16.0. The van der Waals surface area contributed by atoms with Crippen LogP contribution in [0.2, 0.25) is 5.02 Å². The summed E-state index contributed by atoms with van der Waals surface area (Å²) in [5.41, 5.74) is 0.925. The van der Waals surface area contributed by atoms with Gasteiger partial charge in [0.1, 0.15) is 22.6 Å². The van der Waals surface area contributed by atoms with Crippen molar-refractivity contribution in [2.75, 3.05) is 68.0 Å². The molecule has 4 amide bonds. The molecule has 0 bridgehead atoms. The molecule has 17 nitrogen and oxygen atoms in total. The highest BCUT2D eigenvalue weighted by atomic mass is 35.5. The number of imide groups is 1. The van der Waals surface area contributed by atoms with E-state index < -0.39 is 35.4 Å². The van der Waals surface area contributed by atoms with Gasteiger partial charge < -0.3 is 39.4 Å². The minimum Gasteiger partial charge on any atom is -0.478 e. The lowest BCUT2D eigenvalue weighted by Crippen LogP contribution is -2.56. The third kappa shape index (κ3) is 8.80. The number of amides is 4. The summed E-state index contributed by atoms with van der Waals surface area (Å²) >= 11 is 6.58. The molecule has 0 radical (unpaired) electrons. The van der Waals surface area contributed by atoms with Crippen LogP contribution in [0.1, 0.15) is 74.3 Å². The Morgan fingerprint density at radius 3 is 2.43 bits per heavy atom. The van der Waals surface area contributed by atoms with E-state index in [1.165, 1.54) is 11.9 Å². The molecule has 65 heavy (non-hydrogen) atoms. The van der Waals surface area contributed by atoms with Crippen molar-refractivity contribution in [3.8, 4) is 5.75 Å². The molecule has 1 unspecified atom stereocenters. The predicted molar refractivity (Wildman–Crippen MR) is 238 cm³/mol. The first-order valence-electron chi connectivity index (χ1n) is 22.1. The van der Waals surface area contributed by atoms with E-state index in [9.17, 15) is 24.0 Å². The molecule has 0 spiro atoms. The summed E-state index contributed by atoms with van der Waals surface area (Å²) in [6.45, 7) is 6.87. The minimum atomic E-state index is -0.909. The standard InChI is InChI=1S/C45H51ClF2N10O7/c1-24(2)58-34-5-4-26(16-25(34)17-36(44(58)63)64-23-38(60)49-3)51-41-32(46)21-50-45(53-41)56-10-8-28(9-11-56)65-29-18-27(19-29)54-12-14-55(15-13-54)40-33(47)20-30-31(39(40)48)22-57(43(30)62)35-6-7-37(59)52-42(35)61/h4-5,16-17,20-21,24,27-29,35H,6-15,18-19,22-23H2,1-3H3,(H,49,60)(H,50,51,53)(H,52,59,61)/t27-,29-,35?. The summed E-state index contributed by atoms with van der Waals surface area (Å²) in [5.74, 6) is -2.51. The normalized spacial score (nSPS) is 21.7. The van der Waals surface area contributed by atoms with E-state index in [1.54, 1.807) is 21.7 Å². The van der Waals surface area contributed by atoms with Crippen molar-refractivity contribution in [3.05, 3.63) is 74.7 Å². The zero-order valence-corrected chi connectivity index (χ0v) is 37.1. The molecule has 344 valence electrons. The molecule has 6 heterocycles. The Kier molecular flexibility index (Phi) is 12.4. The summed E-state index contributed by atoms with van der Waals surface area (Å²) in [7, 11) is 1.50. The van der Waals surface area contributed by atoms with Gasteiger partial charge in [-0.15, -0.1) is 0 Å². The maximum atomic E-state index is 16.0. The van der Waals surface area contributed by atoms with E-state index in [-0.39, 0.29) is 78.3 Å². The van der Waals surface area contributed by atoms with Gasteiger partial charge in [0, 0.05) is 81.5 Å². The second kappa shape index (κ2) is 18.2. The zero-order valence-electron chi connectivity index (χ0n) is 36.4. The van der Waals surface area contributed by atoms with Gasteiger partial charge in [-0.05, 0) is 76.3 Å². The molecular weight excluding hydrogens is 866 g/mol. The number of carbonyl (C=O) groups is 4. The second-order valence-corrected chi connectivity index (χ2v) is 18.0. The topological polar surface area (TPSA) is 184 Å². The van der Waals surface area contributed by atoms with Gasteiger partial charge in [-0.25, -0.2) is 13.8 Å². The van der Waals surface area contributed by atoms with Gasteiger partial charge in [-0.2, -0.15) is 4.98 Å². The van der Waals surface area contributed by atoms with Crippen LogP contribution in [0.5, 0.6) is 5.75 Å². The number of benzene rings is 2. The Balaban J connectivity index is 0.754. The van der Waals surface area contributed by atoms with Crippen LogP contribution >= 0.6 is 11.6 Å². The monoisotopic (exact) mass is 916 g/mol. The van der Waals surface area contributed by atoms with Crippen molar-refractivity contribution in [3.63, 3.8) is 0 Å². The van der Waals surface area contributed by atoms with Crippen LogP contribution in [0.25, 0.3) is 10.9 Å². The van der Waals surface area contributed by atoms with Crippen molar-refractivity contribution < 1.29 is 37.4 Å². The first-order chi connectivity index (χ1) is 31.3. The van der Waals surface area contributed by atoms with E-state index in [1.807, 2.05) is 32.0 Å². The number of fused-ring (bicyclic) bond motifs is 2. The summed E-state index contributed by atoms with van der Waals surface area (Å²) in [4.78, 5) is 79.0.